The number of ether oxygens (including phenoxy) is 2. The Balaban J connectivity index is 1.66. The van der Waals surface area contributed by atoms with Gasteiger partial charge in [-0.1, -0.05) is 36.0 Å². The van der Waals surface area contributed by atoms with Gasteiger partial charge >= 0.3 is 0 Å². The summed E-state index contributed by atoms with van der Waals surface area (Å²) >= 11 is 1.48. The lowest BCUT2D eigenvalue weighted by atomic mass is 10.2. The predicted molar refractivity (Wildman–Crippen MR) is 103 cm³/mol. The number of thioether (sulfide) groups is 1. The lowest BCUT2D eigenvalue weighted by Crippen LogP contribution is -2.08. The maximum atomic E-state index is 12.9. The van der Waals surface area contributed by atoms with Crippen molar-refractivity contribution in [2.75, 3.05) is 12.5 Å². The minimum Gasteiger partial charge on any atom is -0.454 e. The molecule has 1 aromatic heterocycles. The third-order valence-electron chi connectivity index (χ3n) is 3.90. The first-order valence-corrected chi connectivity index (χ1v) is 9.08. The second-order valence-corrected chi connectivity index (χ2v) is 6.59. The second kappa shape index (κ2) is 7.09. The number of fused-ring (bicyclic) bond motifs is 2. The van der Waals surface area contributed by atoms with Gasteiger partial charge < -0.3 is 9.47 Å². The van der Waals surface area contributed by atoms with Crippen LogP contribution in [0.1, 0.15) is 10.4 Å². The molecule has 26 heavy (non-hydrogen) atoms. The molecule has 6 heteroatoms. The molecule has 0 bridgehead atoms. The van der Waals surface area contributed by atoms with Gasteiger partial charge in [0.15, 0.2) is 16.7 Å². The normalized spacial score (nSPS) is 12.8. The van der Waals surface area contributed by atoms with Crippen molar-refractivity contribution in [1.29, 1.82) is 0 Å². The van der Waals surface area contributed by atoms with Crippen molar-refractivity contribution >= 4 is 34.8 Å². The maximum Gasteiger partial charge on any atom is 0.257 e. The molecule has 0 radical (unpaired) electrons. The number of hydrogen-bond acceptors (Lipinski definition) is 5. The summed E-state index contributed by atoms with van der Waals surface area (Å²) in [4.78, 5) is 17.4. The fourth-order valence-corrected chi connectivity index (χ4v) is 3.45. The summed E-state index contributed by atoms with van der Waals surface area (Å²) in [6.07, 6.45) is 5.10. The Morgan fingerprint density at radius 2 is 2.08 bits per heavy atom. The van der Waals surface area contributed by atoms with Crippen molar-refractivity contribution < 1.29 is 14.3 Å². The van der Waals surface area contributed by atoms with Crippen LogP contribution in [0.4, 0.5) is 0 Å². The lowest BCUT2D eigenvalue weighted by molar-refractivity contribution is 0.0965. The van der Waals surface area contributed by atoms with Gasteiger partial charge in [-0.2, -0.15) is 0 Å². The highest BCUT2D eigenvalue weighted by Gasteiger charge is 2.15. The van der Waals surface area contributed by atoms with Crippen molar-refractivity contribution in [2.24, 2.45) is 0 Å². The zero-order valence-corrected chi connectivity index (χ0v) is 14.7. The van der Waals surface area contributed by atoms with Crippen LogP contribution >= 0.6 is 11.8 Å². The van der Waals surface area contributed by atoms with E-state index in [4.69, 9.17) is 9.47 Å². The molecular weight excluding hydrogens is 348 g/mol. The SMILES string of the molecule is C=CCSc1nc2ccccc2n1C(=O)/C=C/c1ccc2c(c1)OCO2. The molecule has 0 saturated carbocycles. The monoisotopic (exact) mass is 364 g/mol. The van der Waals surface area contributed by atoms with Crippen molar-refractivity contribution in [3.8, 4) is 11.5 Å². The van der Waals surface area contributed by atoms with Crippen LogP contribution in [0, 0.1) is 0 Å². The minimum absolute atomic E-state index is 0.150. The molecule has 0 atom stereocenters. The Morgan fingerprint density at radius 1 is 1.23 bits per heavy atom. The second-order valence-electron chi connectivity index (χ2n) is 5.60. The predicted octanol–water partition coefficient (Wildman–Crippen LogP) is 4.40. The van der Waals surface area contributed by atoms with E-state index in [0.29, 0.717) is 16.7 Å². The smallest absolute Gasteiger partial charge is 0.257 e. The topological polar surface area (TPSA) is 53.4 Å². The van der Waals surface area contributed by atoms with Crippen molar-refractivity contribution in [3.63, 3.8) is 0 Å². The number of imidazole rings is 1. The largest absolute Gasteiger partial charge is 0.454 e. The van der Waals surface area contributed by atoms with Crippen LogP contribution < -0.4 is 9.47 Å². The first-order chi connectivity index (χ1) is 12.8. The molecule has 130 valence electrons. The number of nitrogens with zero attached hydrogens (tertiary/aromatic N) is 2. The van der Waals surface area contributed by atoms with Gasteiger partial charge in [-0.05, 0) is 35.9 Å². The molecule has 4 rings (SSSR count). The van der Waals surface area contributed by atoms with Crippen molar-refractivity contribution in [2.45, 2.75) is 5.16 Å². The molecule has 0 N–H and O–H groups in total. The van der Waals surface area contributed by atoms with E-state index >= 15 is 0 Å². The van der Waals surface area contributed by atoms with Crippen LogP contribution in [0.5, 0.6) is 11.5 Å². The molecule has 0 spiro atoms. The van der Waals surface area contributed by atoms with Crippen molar-refractivity contribution in [1.82, 2.24) is 9.55 Å². The molecule has 3 aromatic rings. The summed E-state index contributed by atoms with van der Waals surface area (Å²) in [6, 6.07) is 13.2. The number of allylic oxidation sites excluding steroid dienone is 1. The van der Waals surface area contributed by atoms with E-state index in [-0.39, 0.29) is 12.7 Å². The molecule has 1 aliphatic rings. The molecule has 0 saturated heterocycles. The van der Waals surface area contributed by atoms with E-state index in [9.17, 15) is 4.79 Å². The van der Waals surface area contributed by atoms with Gasteiger partial charge in [-0.15, -0.1) is 6.58 Å². The van der Waals surface area contributed by atoms with Gasteiger partial charge in [0.2, 0.25) is 6.79 Å². The summed E-state index contributed by atoms with van der Waals surface area (Å²) in [7, 11) is 0. The van der Waals surface area contributed by atoms with Crippen LogP contribution in [0.25, 0.3) is 17.1 Å². The molecule has 5 nitrogen and oxygen atoms in total. The molecule has 0 unspecified atom stereocenters. The molecular formula is C20H16N2O3S. The van der Waals surface area contributed by atoms with Crippen LogP contribution in [0.15, 0.2) is 66.4 Å². The van der Waals surface area contributed by atoms with Crippen LogP contribution in [-0.4, -0.2) is 28.0 Å². The van der Waals surface area contributed by atoms with E-state index in [1.807, 2.05) is 42.5 Å². The zero-order valence-electron chi connectivity index (χ0n) is 13.9. The minimum atomic E-state index is -0.150. The lowest BCUT2D eigenvalue weighted by Gasteiger charge is -2.04. The molecule has 2 heterocycles. The molecule has 1 aliphatic heterocycles. The van der Waals surface area contributed by atoms with E-state index in [1.54, 1.807) is 22.8 Å². The molecule has 0 amide bonds. The van der Waals surface area contributed by atoms with E-state index in [0.717, 1.165) is 22.3 Å². The molecule has 0 aliphatic carbocycles. The highest BCUT2D eigenvalue weighted by Crippen LogP contribution is 2.33. The Bertz CT molecular complexity index is 1020. The standard InChI is InChI=1S/C20H16N2O3S/c1-2-11-26-20-21-15-5-3-4-6-16(15)22(20)19(23)10-8-14-7-9-17-18(12-14)25-13-24-17/h2-10,12H,1,11,13H2/b10-8+. The van der Waals surface area contributed by atoms with E-state index in [1.165, 1.54) is 11.8 Å². The molecule has 0 fully saturated rings. The Kier molecular flexibility index (Phi) is 4.50. The van der Waals surface area contributed by atoms with Crippen LogP contribution in [0.2, 0.25) is 0 Å². The van der Waals surface area contributed by atoms with Crippen molar-refractivity contribution in [3.05, 3.63) is 66.8 Å². The fourth-order valence-electron chi connectivity index (χ4n) is 2.71. The summed E-state index contributed by atoms with van der Waals surface area (Å²) < 4.78 is 12.3. The Morgan fingerprint density at radius 3 is 2.96 bits per heavy atom. The average Bonchev–Trinajstić information content (AvgIpc) is 3.27. The summed E-state index contributed by atoms with van der Waals surface area (Å²) in [6.45, 7) is 3.96. The zero-order chi connectivity index (χ0) is 17.9. The first kappa shape index (κ1) is 16.5. The number of rotatable bonds is 5. The maximum absolute atomic E-state index is 12.9. The fraction of sp³-hybridized carbons (Fsp3) is 0.100. The van der Waals surface area contributed by atoms with Gasteiger partial charge in [-0.3, -0.25) is 9.36 Å². The quantitative estimate of drug-likeness (QED) is 0.382. The number of benzene rings is 2. The van der Waals surface area contributed by atoms with E-state index < -0.39 is 0 Å². The van der Waals surface area contributed by atoms with E-state index in [2.05, 4.69) is 11.6 Å². The van der Waals surface area contributed by atoms with Gasteiger partial charge in [0.05, 0.1) is 11.0 Å². The molecule has 2 aromatic carbocycles. The van der Waals surface area contributed by atoms with Gasteiger partial charge in [0, 0.05) is 11.8 Å². The summed E-state index contributed by atoms with van der Waals surface area (Å²) in [5.74, 6) is 1.94. The highest BCUT2D eigenvalue weighted by atomic mass is 32.2. The van der Waals surface area contributed by atoms with Crippen LogP contribution in [-0.2, 0) is 0 Å². The Hall–Kier alpha value is -2.99. The summed E-state index contributed by atoms with van der Waals surface area (Å²) in [5.41, 5.74) is 2.45. The third kappa shape index (κ3) is 3.11. The first-order valence-electron chi connectivity index (χ1n) is 8.09. The number of hydrogen-bond donors (Lipinski definition) is 0. The van der Waals surface area contributed by atoms with Gasteiger partial charge in [-0.25, -0.2) is 4.98 Å². The van der Waals surface area contributed by atoms with Gasteiger partial charge in [0.25, 0.3) is 5.91 Å². The third-order valence-corrected chi connectivity index (χ3v) is 4.83. The van der Waals surface area contributed by atoms with Gasteiger partial charge in [0.1, 0.15) is 0 Å². The summed E-state index contributed by atoms with van der Waals surface area (Å²) in [5, 5.41) is 0.659. The number of aromatic nitrogens is 2. The van der Waals surface area contributed by atoms with Crippen LogP contribution in [0.3, 0.4) is 0 Å². The number of para-hydroxylation sites is 2. The number of carbonyl (C=O) groups excluding carboxylic acids is 1. The Labute approximate surface area is 154 Å². The highest BCUT2D eigenvalue weighted by molar-refractivity contribution is 7.99. The average molecular weight is 364 g/mol. The number of carbonyl (C=O) groups is 1.